The molecule has 1 saturated heterocycles. The standard InChI is InChI=1S/C14H19N5O3S/c1-2-18-11-13(9-15-18)10-17-4-6-19(7-5-17)23(20,21)12-14-3-8-22-16-14/h2-3,8-9,11H,1,4-7,10,12H2. The molecule has 0 aromatic carbocycles. The molecule has 0 spiro atoms. The summed E-state index contributed by atoms with van der Waals surface area (Å²) in [6.07, 6.45) is 6.74. The molecule has 2 aromatic rings. The van der Waals surface area contributed by atoms with Crippen LogP contribution in [0.5, 0.6) is 0 Å². The third-order valence-corrected chi connectivity index (χ3v) is 5.61. The highest BCUT2D eigenvalue weighted by Crippen LogP contribution is 2.14. The fourth-order valence-corrected chi connectivity index (χ4v) is 4.00. The molecule has 0 atom stereocenters. The van der Waals surface area contributed by atoms with Gasteiger partial charge in [-0.1, -0.05) is 11.7 Å². The van der Waals surface area contributed by atoms with E-state index in [0.717, 1.165) is 12.1 Å². The van der Waals surface area contributed by atoms with Gasteiger partial charge in [-0.05, 0) is 0 Å². The number of rotatable bonds is 6. The van der Waals surface area contributed by atoms with Gasteiger partial charge in [0.1, 0.15) is 12.0 Å². The van der Waals surface area contributed by atoms with Crippen molar-refractivity contribution in [3.63, 3.8) is 0 Å². The third kappa shape index (κ3) is 3.87. The number of aromatic nitrogens is 3. The molecule has 0 amide bonds. The Hall–Kier alpha value is -1.97. The first-order valence-electron chi connectivity index (χ1n) is 7.32. The molecule has 1 aliphatic heterocycles. The van der Waals surface area contributed by atoms with Crippen LogP contribution in [-0.2, 0) is 22.3 Å². The predicted molar refractivity (Wildman–Crippen MR) is 84.6 cm³/mol. The Labute approximate surface area is 135 Å². The zero-order chi connectivity index (χ0) is 16.3. The van der Waals surface area contributed by atoms with Crippen molar-refractivity contribution in [2.75, 3.05) is 26.2 Å². The Kier molecular flexibility index (Phi) is 4.60. The summed E-state index contributed by atoms with van der Waals surface area (Å²) < 4.78 is 32.6. The van der Waals surface area contributed by atoms with E-state index in [4.69, 9.17) is 0 Å². The lowest BCUT2D eigenvalue weighted by Crippen LogP contribution is -2.48. The average molecular weight is 337 g/mol. The minimum atomic E-state index is -3.35. The van der Waals surface area contributed by atoms with Crippen molar-refractivity contribution in [2.24, 2.45) is 0 Å². The van der Waals surface area contributed by atoms with E-state index < -0.39 is 10.0 Å². The van der Waals surface area contributed by atoms with Crippen molar-refractivity contribution >= 4 is 16.2 Å². The van der Waals surface area contributed by atoms with Crippen LogP contribution >= 0.6 is 0 Å². The molecule has 0 aliphatic carbocycles. The van der Waals surface area contributed by atoms with Gasteiger partial charge in [0.25, 0.3) is 0 Å². The van der Waals surface area contributed by atoms with Crippen LogP contribution in [0.2, 0.25) is 0 Å². The molecule has 3 rings (SSSR count). The Morgan fingerprint density at radius 1 is 1.30 bits per heavy atom. The fourth-order valence-electron chi connectivity index (χ4n) is 2.57. The Bertz CT molecular complexity index is 745. The van der Waals surface area contributed by atoms with Crippen LogP contribution in [0, 0.1) is 0 Å². The number of sulfonamides is 1. The van der Waals surface area contributed by atoms with E-state index in [9.17, 15) is 8.42 Å². The van der Waals surface area contributed by atoms with Crippen molar-refractivity contribution in [1.82, 2.24) is 24.1 Å². The SMILES string of the molecule is C=Cn1cc(CN2CCN(S(=O)(=O)Cc3ccon3)CC2)cn1. The summed E-state index contributed by atoms with van der Waals surface area (Å²) in [5, 5.41) is 7.81. The smallest absolute Gasteiger partial charge is 0.220 e. The largest absolute Gasteiger partial charge is 0.364 e. The van der Waals surface area contributed by atoms with Crippen LogP contribution in [0.1, 0.15) is 11.3 Å². The molecule has 9 heteroatoms. The summed E-state index contributed by atoms with van der Waals surface area (Å²) in [6, 6.07) is 1.57. The molecule has 0 unspecified atom stereocenters. The van der Waals surface area contributed by atoms with Gasteiger partial charge in [0.15, 0.2) is 0 Å². The van der Waals surface area contributed by atoms with Crippen LogP contribution in [-0.4, -0.2) is 58.7 Å². The summed E-state index contributed by atoms with van der Waals surface area (Å²) in [4.78, 5) is 2.21. The lowest BCUT2D eigenvalue weighted by molar-refractivity contribution is 0.181. The number of hydrogen-bond acceptors (Lipinski definition) is 6. The van der Waals surface area contributed by atoms with E-state index in [1.165, 1.54) is 10.6 Å². The topological polar surface area (TPSA) is 84.5 Å². The van der Waals surface area contributed by atoms with Crippen LogP contribution in [0.4, 0.5) is 0 Å². The number of nitrogens with zero attached hydrogens (tertiary/aromatic N) is 5. The highest BCUT2D eigenvalue weighted by Gasteiger charge is 2.27. The van der Waals surface area contributed by atoms with Crippen LogP contribution in [0.3, 0.4) is 0 Å². The zero-order valence-electron chi connectivity index (χ0n) is 12.7. The molecule has 1 fully saturated rings. The number of piperazine rings is 1. The molecule has 0 radical (unpaired) electrons. The van der Waals surface area contributed by atoms with E-state index in [-0.39, 0.29) is 5.75 Å². The maximum Gasteiger partial charge on any atom is 0.220 e. The minimum absolute atomic E-state index is 0.115. The van der Waals surface area contributed by atoms with Crippen molar-refractivity contribution < 1.29 is 12.9 Å². The lowest BCUT2D eigenvalue weighted by Gasteiger charge is -2.33. The van der Waals surface area contributed by atoms with E-state index in [1.54, 1.807) is 23.1 Å². The van der Waals surface area contributed by atoms with Crippen molar-refractivity contribution in [3.8, 4) is 0 Å². The molecule has 0 bridgehead atoms. The van der Waals surface area contributed by atoms with E-state index in [1.807, 2.05) is 6.20 Å². The van der Waals surface area contributed by atoms with E-state index >= 15 is 0 Å². The molecule has 23 heavy (non-hydrogen) atoms. The third-order valence-electron chi connectivity index (χ3n) is 3.79. The molecular formula is C14H19N5O3S. The highest BCUT2D eigenvalue weighted by atomic mass is 32.2. The summed E-state index contributed by atoms with van der Waals surface area (Å²) in [5.41, 5.74) is 1.52. The number of hydrogen-bond donors (Lipinski definition) is 0. The normalized spacial score (nSPS) is 17.4. The van der Waals surface area contributed by atoms with Crippen molar-refractivity contribution in [2.45, 2.75) is 12.3 Å². The van der Waals surface area contributed by atoms with E-state index in [0.29, 0.717) is 31.9 Å². The summed E-state index contributed by atoms with van der Waals surface area (Å²) in [5.74, 6) is -0.115. The first-order chi connectivity index (χ1) is 11.1. The molecule has 2 aromatic heterocycles. The van der Waals surface area contributed by atoms with Crippen molar-refractivity contribution in [1.29, 1.82) is 0 Å². The average Bonchev–Trinajstić information content (AvgIpc) is 3.19. The molecule has 124 valence electrons. The second-order valence-electron chi connectivity index (χ2n) is 5.43. The molecule has 0 saturated carbocycles. The summed E-state index contributed by atoms with van der Waals surface area (Å²) in [6.45, 7) is 6.76. The van der Waals surface area contributed by atoms with Gasteiger partial charge in [0.05, 0.1) is 11.9 Å². The van der Waals surface area contributed by atoms with Gasteiger partial charge in [-0.3, -0.25) is 4.90 Å². The van der Waals surface area contributed by atoms with E-state index in [2.05, 4.69) is 26.3 Å². The van der Waals surface area contributed by atoms with Gasteiger partial charge in [0.2, 0.25) is 10.0 Å². The van der Waals surface area contributed by atoms with Crippen LogP contribution < -0.4 is 0 Å². The second kappa shape index (κ2) is 6.65. The first kappa shape index (κ1) is 15.9. The highest BCUT2D eigenvalue weighted by molar-refractivity contribution is 7.88. The Morgan fingerprint density at radius 3 is 2.70 bits per heavy atom. The van der Waals surface area contributed by atoms with Gasteiger partial charge < -0.3 is 4.52 Å². The first-order valence-corrected chi connectivity index (χ1v) is 8.93. The fraction of sp³-hybridized carbons (Fsp3) is 0.429. The summed E-state index contributed by atoms with van der Waals surface area (Å²) >= 11 is 0. The molecule has 3 heterocycles. The summed E-state index contributed by atoms with van der Waals surface area (Å²) in [7, 11) is -3.35. The van der Waals surface area contributed by atoms with Gasteiger partial charge in [-0.25, -0.2) is 13.1 Å². The maximum atomic E-state index is 12.4. The molecular weight excluding hydrogens is 318 g/mol. The Morgan fingerprint density at radius 2 is 2.09 bits per heavy atom. The predicted octanol–water partition coefficient (Wildman–Crippen LogP) is 0.619. The Balaban J connectivity index is 1.54. The lowest BCUT2D eigenvalue weighted by atomic mass is 10.3. The molecule has 1 aliphatic rings. The monoisotopic (exact) mass is 337 g/mol. The van der Waals surface area contributed by atoms with Crippen LogP contribution in [0.15, 0.2) is 35.8 Å². The van der Waals surface area contributed by atoms with Gasteiger partial charge in [-0.2, -0.15) is 9.40 Å². The zero-order valence-corrected chi connectivity index (χ0v) is 13.5. The van der Waals surface area contributed by atoms with Crippen LogP contribution in [0.25, 0.3) is 6.20 Å². The quantitative estimate of drug-likeness (QED) is 0.768. The minimum Gasteiger partial charge on any atom is -0.364 e. The van der Waals surface area contributed by atoms with Gasteiger partial charge in [0, 0.05) is 56.8 Å². The van der Waals surface area contributed by atoms with Gasteiger partial charge >= 0.3 is 0 Å². The molecule has 8 nitrogen and oxygen atoms in total. The maximum absolute atomic E-state index is 12.4. The van der Waals surface area contributed by atoms with Crippen molar-refractivity contribution in [3.05, 3.63) is 42.6 Å². The molecule has 0 N–H and O–H groups in total. The second-order valence-corrected chi connectivity index (χ2v) is 7.40. The van der Waals surface area contributed by atoms with Gasteiger partial charge in [-0.15, -0.1) is 0 Å².